The Kier molecular flexibility index (Phi) is 7.53. The Bertz CT molecular complexity index is 435. The van der Waals surface area contributed by atoms with Gasteiger partial charge in [-0.25, -0.2) is 0 Å². The van der Waals surface area contributed by atoms with Crippen LogP contribution in [0.15, 0.2) is 85.3 Å². The van der Waals surface area contributed by atoms with E-state index in [1.807, 2.05) is 0 Å². The third-order valence-electron chi connectivity index (χ3n) is 1.68. The Morgan fingerprint density at radius 3 is 1.83 bits per heavy atom. The number of hydrogen-bond donors (Lipinski definition) is 2. The first-order chi connectivity index (χ1) is 8.49. The summed E-state index contributed by atoms with van der Waals surface area (Å²) in [6.07, 6.45) is 10.8. The molecule has 0 amide bonds. The van der Waals surface area contributed by atoms with Gasteiger partial charge in [-0.3, -0.25) is 0 Å². The van der Waals surface area contributed by atoms with Crippen molar-refractivity contribution in [3.8, 4) is 0 Å². The number of aliphatic hydroxyl groups excluding tert-OH is 2. The average molecular weight is 246 g/mol. The van der Waals surface area contributed by atoms with E-state index in [9.17, 15) is 0 Å². The number of hydrogen-bond acceptors (Lipinski definition) is 3. The van der Waals surface area contributed by atoms with Crippen LogP contribution in [0, 0.1) is 0 Å². The third-order valence-corrected chi connectivity index (χ3v) is 1.68. The van der Waals surface area contributed by atoms with Gasteiger partial charge in [-0.15, -0.1) is 0 Å². The average Bonchev–Trinajstić information content (AvgIpc) is 2.30. The summed E-state index contributed by atoms with van der Waals surface area (Å²) in [5.74, 6) is 0.856. The lowest BCUT2D eigenvalue weighted by Crippen LogP contribution is -1.89. The van der Waals surface area contributed by atoms with Gasteiger partial charge in [0.2, 0.25) is 0 Å². The van der Waals surface area contributed by atoms with Crippen LogP contribution in [0.25, 0.3) is 0 Å². The fourth-order valence-electron chi connectivity index (χ4n) is 0.922. The molecule has 18 heavy (non-hydrogen) atoms. The molecule has 0 bridgehead atoms. The van der Waals surface area contributed by atoms with E-state index >= 15 is 0 Å². The van der Waals surface area contributed by atoms with Gasteiger partial charge in [0.25, 0.3) is 0 Å². The van der Waals surface area contributed by atoms with Crippen LogP contribution < -0.4 is 0 Å². The predicted octanol–water partition coefficient (Wildman–Crippen LogP) is 4.23. The first-order valence-electron chi connectivity index (χ1n) is 5.28. The Morgan fingerprint density at radius 2 is 1.44 bits per heavy atom. The molecule has 0 atom stereocenters. The minimum atomic E-state index is -0.0742. The first-order valence-corrected chi connectivity index (χ1v) is 5.28. The van der Waals surface area contributed by atoms with E-state index < -0.39 is 0 Å². The zero-order chi connectivity index (χ0) is 14.0. The van der Waals surface area contributed by atoms with Crippen molar-refractivity contribution in [1.29, 1.82) is 0 Å². The molecule has 0 aromatic carbocycles. The van der Waals surface area contributed by atoms with E-state index in [2.05, 4.69) is 19.7 Å². The number of allylic oxidation sites excluding steroid dienone is 7. The van der Waals surface area contributed by atoms with Gasteiger partial charge in [-0.05, 0) is 43.4 Å². The zero-order valence-corrected chi connectivity index (χ0v) is 10.5. The van der Waals surface area contributed by atoms with E-state index in [1.54, 1.807) is 37.3 Å². The van der Waals surface area contributed by atoms with Gasteiger partial charge in [-0.1, -0.05) is 25.8 Å². The summed E-state index contributed by atoms with van der Waals surface area (Å²) in [7, 11) is 0. The Morgan fingerprint density at radius 1 is 0.944 bits per heavy atom. The SMILES string of the molecule is C=C/C=C(\C=C/C(=C)O)OC(/C=C\C(=C)O)=C/C. The standard InChI is InChI=1S/C15H18O3/c1-5-7-15(11-9-13(4)17)18-14(6-2)10-8-12(3)16/h5-11,16-17H,1,3-4H2,2H3/b10-8-,11-9-,14-6+,15-7+. The molecule has 3 nitrogen and oxygen atoms in total. The highest BCUT2D eigenvalue weighted by atomic mass is 16.5. The van der Waals surface area contributed by atoms with E-state index in [4.69, 9.17) is 14.9 Å². The molecule has 0 aliphatic rings. The lowest BCUT2D eigenvalue weighted by molar-refractivity contribution is 0.334. The van der Waals surface area contributed by atoms with Gasteiger partial charge in [0, 0.05) is 0 Å². The normalized spacial score (nSPS) is 12.9. The molecular weight excluding hydrogens is 228 g/mol. The van der Waals surface area contributed by atoms with Gasteiger partial charge in [0.1, 0.15) is 23.0 Å². The largest absolute Gasteiger partial charge is 0.509 e. The van der Waals surface area contributed by atoms with Crippen molar-refractivity contribution in [3.05, 3.63) is 85.3 Å². The summed E-state index contributed by atoms with van der Waals surface area (Å²) in [6.45, 7) is 12.0. The van der Waals surface area contributed by atoms with Crippen LogP contribution in [0.1, 0.15) is 6.92 Å². The van der Waals surface area contributed by atoms with E-state index in [0.717, 1.165) is 0 Å². The number of rotatable bonds is 7. The van der Waals surface area contributed by atoms with Crippen molar-refractivity contribution < 1.29 is 14.9 Å². The molecule has 0 rings (SSSR count). The van der Waals surface area contributed by atoms with Crippen LogP contribution in [0.4, 0.5) is 0 Å². The summed E-state index contributed by atoms with van der Waals surface area (Å²) in [5.41, 5.74) is 0. The highest BCUT2D eigenvalue weighted by Gasteiger charge is 1.96. The smallest absolute Gasteiger partial charge is 0.127 e. The van der Waals surface area contributed by atoms with Crippen LogP contribution in [0.3, 0.4) is 0 Å². The zero-order valence-electron chi connectivity index (χ0n) is 10.5. The molecule has 0 aliphatic carbocycles. The maximum absolute atomic E-state index is 8.97. The molecule has 2 N–H and O–H groups in total. The molecule has 3 heteroatoms. The van der Waals surface area contributed by atoms with E-state index in [0.29, 0.717) is 11.5 Å². The van der Waals surface area contributed by atoms with Crippen LogP contribution in [0.5, 0.6) is 0 Å². The van der Waals surface area contributed by atoms with Crippen molar-refractivity contribution in [1.82, 2.24) is 0 Å². The highest BCUT2D eigenvalue weighted by Crippen LogP contribution is 2.11. The Balaban J connectivity index is 4.87. The predicted molar refractivity (Wildman–Crippen MR) is 74.9 cm³/mol. The fourth-order valence-corrected chi connectivity index (χ4v) is 0.922. The van der Waals surface area contributed by atoms with Crippen LogP contribution in [-0.4, -0.2) is 10.2 Å². The maximum Gasteiger partial charge on any atom is 0.127 e. The molecule has 0 spiro atoms. The Labute approximate surface area is 108 Å². The van der Waals surface area contributed by atoms with Gasteiger partial charge < -0.3 is 14.9 Å². The topological polar surface area (TPSA) is 49.7 Å². The van der Waals surface area contributed by atoms with Crippen molar-refractivity contribution in [2.45, 2.75) is 6.92 Å². The van der Waals surface area contributed by atoms with Crippen LogP contribution in [0.2, 0.25) is 0 Å². The van der Waals surface area contributed by atoms with Crippen molar-refractivity contribution in [3.63, 3.8) is 0 Å². The van der Waals surface area contributed by atoms with Crippen molar-refractivity contribution >= 4 is 0 Å². The van der Waals surface area contributed by atoms with Crippen LogP contribution >= 0.6 is 0 Å². The monoisotopic (exact) mass is 246 g/mol. The van der Waals surface area contributed by atoms with Gasteiger partial charge >= 0.3 is 0 Å². The second kappa shape index (κ2) is 8.70. The molecule has 96 valence electrons. The molecule has 0 unspecified atom stereocenters. The summed E-state index contributed by atoms with van der Waals surface area (Å²) < 4.78 is 5.51. The molecule has 0 saturated heterocycles. The summed E-state index contributed by atoms with van der Waals surface area (Å²) in [5, 5.41) is 17.9. The molecule has 0 aromatic rings. The van der Waals surface area contributed by atoms with Crippen molar-refractivity contribution in [2.75, 3.05) is 0 Å². The maximum atomic E-state index is 8.97. The second-order valence-corrected chi connectivity index (χ2v) is 3.25. The van der Waals surface area contributed by atoms with E-state index in [-0.39, 0.29) is 11.5 Å². The molecule has 0 aromatic heterocycles. The summed E-state index contributed by atoms with van der Waals surface area (Å²) >= 11 is 0. The van der Waals surface area contributed by atoms with Crippen molar-refractivity contribution in [2.24, 2.45) is 0 Å². The number of aliphatic hydroxyl groups is 2. The highest BCUT2D eigenvalue weighted by molar-refractivity contribution is 5.26. The fraction of sp³-hybridized carbons (Fsp3) is 0.0667. The lowest BCUT2D eigenvalue weighted by atomic mass is 10.3. The molecule has 0 saturated carbocycles. The van der Waals surface area contributed by atoms with Gasteiger partial charge in [0.05, 0.1) is 0 Å². The second-order valence-electron chi connectivity index (χ2n) is 3.25. The first kappa shape index (κ1) is 15.6. The van der Waals surface area contributed by atoms with Gasteiger partial charge in [0.15, 0.2) is 0 Å². The van der Waals surface area contributed by atoms with E-state index in [1.165, 1.54) is 12.2 Å². The molecule has 0 heterocycles. The minimum Gasteiger partial charge on any atom is -0.509 e. The van der Waals surface area contributed by atoms with Gasteiger partial charge in [-0.2, -0.15) is 0 Å². The molecular formula is C15H18O3. The molecule has 0 fully saturated rings. The number of ether oxygens (including phenoxy) is 1. The third kappa shape index (κ3) is 7.82. The van der Waals surface area contributed by atoms with Crippen LogP contribution in [-0.2, 0) is 4.74 Å². The minimum absolute atomic E-state index is 0.0634. The summed E-state index contributed by atoms with van der Waals surface area (Å²) in [6, 6.07) is 0. The Hall–Kier alpha value is -2.42. The summed E-state index contributed by atoms with van der Waals surface area (Å²) in [4.78, 5) is 0. The molecule has 0 radical (unpaired) electrons. The quantitative estimate of drug-likeness (QED) is 0.522. The molecule has 0 aliphatic heterocycles. The lowest BCUT2D eigenvalue weighted by Gasteiger charge is -2.06.